The van der Waals surface area contributed by atoms with E-state index in [1.54, 1.807) is 0 Å². The molecule has 2 saturated heterocycles. The van der Waals surface area contributed by atoms with E-state index in [2.05, 4.69) is 7.05 Å². The molecule has 0 saturated carbocycles. The van der Waals surface area contributed by atoms with Crippen LogP contribution in [0.25, 0.3) is 6.08 Å². The Hall–Kier alpha value is -1.96. The van der Waals surface area contributed by atoms with Gasteiger partial charge in [0.15, 0.2) is 0 Å². The Morgan fingerprint density at radius 2 is 1.93 bits per heavy atom. The molecule has 142 valence electrons. The third-order valence-corrected chi connectivity index (χ3v) is 6.07. The summed E-state index contributed by atoms with van der Waals surface area (Å²) in [5.74, 6) is -0.212. The topological polar surface area (TPSA) is 45.1 Å². The van der Waals surface area contributed by atoms with Crippen molar-refractivity contribution in [1.82, 2.24) is 9.80 Å². The summed E-state index contributed by atoms with van der Waals surface area (Å²) in [6.07, 6.45) is 3.86. The van der Waals surface area contributed by atoms with Gasteiger partial charge < -0.3 is 9.80 Å². The van der Waals surface area contributed by atoms with Crippen LogP contribution in [0.1, 0.15) is 12.5 Å². The van der Waals surface area contributed by atoms with Crippen molar-refractivity contribution in [2.45, 2.75) is 6.92 Å². The molecule has 5 nitrogen and oxygen atoms in total. The van der Waals surface area contributed by atoms with Gasteiger partial charge in [-0.15, -0.1) is 0 Å². The van der Waals surface area contributed by atoms with Crippen molar-refractivity contribution in [3.8, 4) is 0 Å². The van der Waals surface area contributed by atoms with Crippen molar-refractivity contribution in [3.63, 3.8) is 0 Å². The SMILES string of the molecule is CC(/C=C1\SC(=S)N(CC(=O)N2CC[NH+](C)CC2)C1=O)=C\c1ccccc1. The molecule has 1 aromatic rings. The molecule has 2 heterocycles. The van der Waals surface area contributed by atoms with Crippen molar-refractivity contribution in [2.75, 3.05) is 39.8 Å². The molecule has 0 spiro atoms. The van der Waals surface area contributed by atoms with Crippen molar-refractivity contribution in [2.24, 2.45) is 0 Å². The van der Waals surface area contributed by atoms with Crippen LogP contribution in [0.4, 0.5) is 0 Å². The number of piperazine rings is 1. The van der Waals surface area contributed by atoms with Gasteiger partial charge in [-0.1, -0.05) is 60.4 Å². The number of allylic oxidation sites excluding steroid dienone is 2. The fourth-order valence-electron chi connectivity index (χ4n) is 3.07. The molecule has 7 heteroatoms. The third kappa shape index (κ3) is 5.06. The maximum Gasteiger partial charge on any atom is 0.266 e. The van der Waals surface area contributed by atoms with E-state index in [1.165, 1.54) is 21.6 Å². The number of quaternary nitrogens is 1. The van der Waals surface area contributed by atoms with Gasteiger partial charge in [0.25, 0.3) is 5.91 Å². The fourth-order valence-corrected chi connectivity index (χ4v) is 4.37. The summed E-state index contributed by atoms with van der Waals surface area (Å²) in [7, 11) is 2.12. The van der Waals surface area contributed by atoms with Gasteiger partial charge in [0, 0.05) is 0 Å². The van der Waals surface area contributed by atoms with Gasteiger partial charge >= 0.3 is 0 Å². The Morgan fingerprint density at radius 1 is 1.26 bits per heavy atom. The number of thiocarbonyl (C=S) groups is 1. The van der Waals surface area contributed by atoms with Crippen molar-refractivity contribution in [1.29, 1.82) is 0 Å². The Kier molecular flexibility index (Phi) is 6.46. The molecule has 1 N–H and O–H groups in total. The number of thioether (sulfide) groups is 1. The van der Waals surface area contributed by atoms with Crippen LogP contribution in [0.3, 0.4) is 0 Å². The van der Waals surface area contributed by atoms with Gasteiger partial charge in [0.2, 0.25) is 5.91 Å². The molecule has 0 unspecified atom stereocenters. The number of amides is 2. The third-order valence-electron chi connectivity index (χ3n) is 4.69. The van der Waals surface area contributed by atoms with Gasteiger partial charge in [-0.05, 0) is 24.1 Å². The summed E-state index contributed by atoms with van der Waals surface area (Å²) in [6, 6.07) is 9.95. The first kappa shape index (κ1) is 19.8. The molecule has 2 aliphatic rings. The first-order valence-corrected chi connectivity index (χ1v) is 10.2. The number of nitrogens with one attached hydrogen (secondary N) is 1. The monoisotopic (exact) mass is 402 g/mol. The molecular weight excluding hydrogens is 378 g/mol. The summed E-state index contributed by atoms with van der Waals surface area (Å²) in [5.41, 5.74) is 2.05. The van der Waals surface area contributed by atoms with E-state index in [4.69, 9.17) is 12.2 Å². The molecule has 27 heavy (non-hydrogen) atoms. The quantitative estimate of drug-likeness (QED) is 0.607. The van der Waals surface area contributed by atoms with E-state index in [1.807, 2.05) is 54.3 Å². The van der Waals surface area contributed by atoms with Crippen LogP contribution < -0.4 is 4.90 Å². The van der Waals surface area contributed by atoms with Crippen molar-refractivity contribution >= 4 is 46.2 Å². The molecule has 1 aromatic carbocycles. The summed E-state index contributed by atoms with van der Waals surface area (Å²) < 4.78 is 0.451. The molecule has 0 aliphatic carbocycles. The number of carbonyl (C=O) groups is 2. The number of hydrogen-bond donors (Lipinski definition) is 1. The van der Waals surface area contributed by atoms with Gasteiger partial charge in [0.05, 0.1) is 38.1 Å². The Balaban J connectivity index is 1.66. The van der Waals surface area contributed by atoms with Crippen LogP contribution in [0.5, 0.6) is 0 Å². The summed E-state index contributed by atoms with van der Waals surface area (Å²) >= 11 is 6.61. The summed E-state index contributed by atoms with van der Waals surface area (Å²) in [6.45, 7) is 5.32. The van der Waals surface area contributed by atoms with E-state index in [0.29, 0.717) is 9.23 Å². The zero-order chi connectivity index (χ0) is 19.4. The Morgan fingerprint density at radius 3 is 2.59 bits per heavy atom. The molecule has 3 rings (SSSR count). The zero-order valence-corrected chi connectivity index (χ0v) is 17.2. The highest BCUT2D eigenvalue weighted by Crippen LogP contribution is 2.32. The second-order valence-electron chi connectivity index (χ2n) is 6.90. The maximum atomic E-state index is 12.7. The van der Waals surface area contributed by atoms with E-state index in [0.717, 1.165) is 37.3 Å². The maximum absolute atomic E-state index is 12.7. The molecule has 0 bridgehead atoms. The highest BCUT2D eigenvalue weighted by Gasteiger charge is 2.35. The molecule has 0 atom stereocenters. The van der Waals surface area contributed by atoms with Gasteiger partial charge in [-0.25, -0.2) is 0 Å². The van der Waals surface area contributed by atoms with Gasteiger partial charge in [-0.3, -0.25) is 14.5 Å². The highest BCUT2D eigenvalue weighted by atomic mass is 32.2. The average Bonchev–Trinajstić information content (AvgIpc) is 2.90. The van der Waals surface area contributed by atoms with Crippen molar-refractivity contribution < 1.29 is 14.5 Å². The second kappa shape index (κ2) is 8.82. The minimum atomic E-state index is -0.182. The van der Waals surface area contributed by atoms with E-state index < -0.39 is 0 Å². The van der Waals surface area contributed by atoms with E-state index >= 15 is 0 Å². The van der Waals surface area contributed by atoms with Crippen LogP contribution in [-0.4, -0.2) is 65.7 Å². The molecule has 2 fully saturated rings. The summed E-state index contributed by atoms with van der Waals surface area (Å²) in [5, 5.41) is 0. The first-order chi connectivity index (χ1) is 12.9. The molecule has 0 radical (unpaired) electrons. The number of carbonyl (C=O) groups excluding carboxylic acids is 2. The lowest BCUT2D eigenvalue weighted by molar-refractivity contribution is -0.883. The minimum Gasteiger partial charge on any atom is -0.334 e. The van der Waals surface area contributed by atoms with Crippen LogP contribution in [-0.2, 0) is 9.59 Å². The lowest BCUT2D eigenvalue weighted by atomic mass is 10.1. The van der Waals surface area contributed by atoms with Crippen LogP contribution in [0.2, 0.25) is 0 Å². The largest absolute Gasteiger partial charge is 0.334 e. The molecule has 2 aliphatic heterocycles. The summed E-state index contributed by atoms with van der Waals surface area (Å²) in [4.78, 5) is 30.5. The molecule has 0 aromatic heterocycles. The van der Waals surface area contributed by atoms with Gasteiger partial charge in [-0.2, -0.15) is 0 Å². The minimum absolute atomic E-state index is 0.0303. The fraction of sp³-hybridized carbons (Fsp3) is 0.350. The van der Waals surface area contributed by atoms with Crippen molar-refractivity contribution in [3.05, 3.63) is 52.4 Å². The zero-order valence-electron chi connectivity index (χ0n) is 15.6. The number of rotatable bonds is 4. The van der Waals surface area contributed by atoms with Crippen LogP contribution in [0.15, 0.2) is 46.9 Å². The normalized spacial score (nSPS) is 20.7. The predicted molar refractivity (Wildman–Crippen MR) is 113 cm³/mol. The predicted octanol–water partition coefficient (Wildman–Crippen LogP) is 1.19. The Labute approximate surface area is 169 Å². The van der Waals surface area contributed by atoms with Crippen LogP contribution >= 0.6 is 24.0 Å². The number of likely N-dealkylation sites (N-methyl/N-ethyl adjacent to an activating group) is 1. The number of hydrogen-bond acceptors (Lipinski definition) is 4. The lowest BCUT2D eigenvalue weighted by Crippen LogP contribution is -3.12. The highest BCUT2D eigenvalue weighted by molar-refractivity contribution is 8.26. The van der Waals surface area contributed by atoms with Gasteiger partial charge in [0.1, 0.15) is 10.9 Å². The lowest BCUT2D eigenvalue weighted by Gasteiger charge is -2.31. The molecular formula is C20H24N3O2S2+. The first-order valence-electron chi connectivity index (χ1n) is 9.02. The number of benzene rings is 1. The smallest absolute Gasteiger partial charge is 0.266 e. The molecule has 2 amide bonds. The van der Waals surface area contributed by atoms with E-state index in [-0.39, 0.29) is 18.4 Å². The second-order valence-corrected chi connectivity index (χ2v) is 8.58. The van der Waals surface area contributed by atoms with Crippen LogP contribution in [0, 0.1) is 0 Å². The standard InChI is InChI=1S/C20H23N3O2S2/c1-15(12-16-6-4-3-5-7-16)13-17-19(25)23(20(26)27-17)14-18(24)22-10-8-21(2)9-11-22/h3-7,12-13H,8-11,14H2,1-2H3/p+1/b15-12+,17-13-. The van der Waals surface area contributed by atoms with E-state index in [9.17, 15) is 9.59 Å². The number of nitrogens with zero attached hydrogens (tertiary/aromatic N) is 2. The Bertz CT molecular complexity index is 797. The average molecular weight is 403 g/mol.